The van der Waals surface area contributed by atoms with Crippen LogP contribution in [0, 0.1) is 0 Å². The number of amides is 1. The molecule has 0 heterocycles. The topological polar surface area (TPSA) is 38.3 Å². The maximum Gasteiger partial charge on any atom is 0.256 e. The van der Waals surface area contributed by atoms with Gasteiger partial charge in [-0.15, -0.1) is 11.8 Å². The molecule has 1 N–H and O–H groups in total. The first-order valence-corrected chi connectivity index (χ1v) is 5.64. The molecule has 1 atom stereocenters. The van der Waals surface area contributed by atoms with Gasteiger partial charge in [-0.05, 0) is 31.2 Å². The van der Waals surface area contributed by atoms with E-state index in [1.54, 1.807) is 12.1 Å². The Morgan fingerprint density at radius 1 is 1.47 bits per heavy atom. The number of halogens is 1. The summed E-state index contributed by atoms with van der Waals surface area (Å²) in [6.45, 7) is 1.81. The molecule has 1 aromatic rings. The first kappa shape index (κ1) is 12.4. The molecule has 0 saturated carbocycles. The maximum atomic E-state index is 11.3. The minimum atomic E-state index is -0.203. The summed E-state index contributed by atoms with van der Waals surface area (Å²) in [5.74, 6) is -0.155. The number of carbonyl (C=O) groups is 1. The Labute approximate surface area is 98.1 Å². The largest absolute Gasteiger partial charge is 0.277 e. The molecule has 0 aliphatic heterocycles. The van der Waals surface area contributed by atoms with Crippen LogP contribution < -0.4 is 5.48 Å². The van der Waals surface area contributed by atoms with Crippen molar-refractivity contribution in [2.45, 2.75) is 17.1 Å². The number of hydrogen-bond acceptors (Lipinski definition) is 3. The van der Waals surface area contributed by atoms with Crippen LogP contribution in [0.5, 0.6) is 0 Å². The van der Waals surface area contributed by atoms with Gasteiger partial charge in [0.2, 0.25) is 0 Å². The number of carbonyl (C=O) groups excluding carboxylic acids is 1. The molecule has 0 aromatic heterocycles. The van der Waals surface area contributed by atoms with E-state index in [1.165, 1.54) is 18.9 Å². The predicted octanol–water partition coefficient (Wildman–Crippen LogP) is 2.50. The van der Waals surface area contributed by atoms with Crippen molar-refractivity contribution in [3.05, 3.63) is 29.3 Å². The van der Waals surface area contributed by atoms with Crippen LogP contribution in [0.4, 0.5) is 0 Å². The van der Waals surface area contributed by atoms with Crippen LogP contribution in [-0.2, 0) is 9.63 Å². The summed E-state index contributed by atoms with van der Waals surface area (Å²) in [6, 6.07) is 7.35. The summed E-state index contributed by atoms with van der Waals surface area (Å²) in [4.78, 5) is 16.9. The molecular formula is C10H12ClNO2S. The molecule has 0 radical (unpaired) electrons. The van der Waals surface area contributed by atoms with Crippen molar-refractivity contribution in [2.75, 3.05) is 7.11 Å². The lowest BCUT2D eigenvalue weighted by Crippen LogP contribution is -2.29. The highest BCUT2D eigenvalue weighted by molar-refractivity contribution is 8.00. The Morgan fingerprint density at radius 2 is 2.07 bits per heavy atom. The second-order valence-electron chi connectivity index (χ2n) is 2.88. The van der Waals surface area contributed by atoms with Gasteiger partial charge < -0.3 is 0 Å². The summed E-state index contributed by atoms with van der Waals surface area (Å²) in [7, 11) is 1.41. The van der Waals surface area contributed by atoms with E-state index < -0.39 is 0 Å². The lowest BCUT2D eigenvalue weighted by atomic mass is 10.4. The van der Waals surface area contributed by atoms with Crippen molar-refractivity contribution >= 4 is 29.3 Å². The van der Waals surface area contributed by atoms with Gasteiger partial charge in [0.25, 0.3) is 5.91 Å². The van der Waals surface area contributed by atoms with Crippen LogP contribution in [-0.4, -0.2) is 18.3 Å². The van der Waals surface area contributed by atoms with Gasteiger partial charge in [-0.25, -0.2) is 5.48 Å². The smallest absolute Gasteiger partial charge is 0.256 e. The summed E-state index contributed by atoms with van der Waals surface area (Å²) < 4.78 is 0. The molecule has 1 unspecified atom stereocenters. The van der Waals surface area contributed by atoms with E-state index in [-0.39, 0.29) is 11.2 Å². The van der Waals surface area contributed by atoms with Gasteiger partial charge in [0, 0.05) is 9.92 Å². The van der Waals surface area contributed by atoms with Gasteiger partial charge >= 0.3 is 0 Å². The number of thioether (sulfide) groups is 1. The highest BCUT2D eigenvalue weighted by Crippen LogP contribution is 2.24. The lowest BCUT2D eigenvalue weighted by molar-refractivity contribution is -0.130. The van der Waals surface area contributed by atoms with Crippen LogP contribution >= 0.6 is 23.4 Å². The number of rotatable bonds is 4. The summed E-state index contributed by atoms with van der Waals surface area (Å²) in [6.07, 6.45) is 0. The predicted molar refractivity (Wildman–Crippen MR) is 61.9 cm³/mol. The zero-order chi connectivity index (χ0) is 11.3. The fraction of sp³-hybridized carbons (Fsp3) is 0.300. The van der Waals surface area contributed by atoms with Gasteiger partial charge in [-0.1, -0.05) is 11.6 Å². The van der Waals surface area contributed by atoms with E-state index in [0.717, 1.165) is 4.90 Å². The van der Waals surface area contributed by atoms with Crippen molar-refractivity contribution in [3.8, 4) is 0 Å². The third kappa shape index (κ3) is 4.11. The molecule has 0 spiro atoms. The molecule has 0 saturated heterocycles. The molecule has 0 aliphatic carbocycles. The van der Waals surface area contributed by atoms with Crippen LogP contribution in [0.2, 0.25) is 5.02 Å². The molecule has 82 valence electrons. The molecule has 0 fully saturated rings. The molecule has 5 heteroatoms. The number of nitrogens with one attached hydrogen (secondary N) is 1. The van der Waals surface area contributed by atoms with E-state index in [0.29, 0.717) is 5.02 Å². The van der Waals surface area contributed by atoms with Crippen molar-refractivity contribution in [2.24, 2.45) is 0 Å². The molecule has 1 rings (SSSR count). The molecule has 0 bridgehead atoms. The first-order valence-electron chi connectivity index (χ1n) is 4.38. The van der Waals surface area contributed by atoms with Gasteiger partial charge in [0.1, 0.15) is 0 Å². The quantitative estimate of drug-likeness (QED) is 0.654. The van der Waals surface area contributed by atoms with Crippen LogP contribution in [0.25, 0.3) is 0 Å². The van der Waals surface area contributed by atoms with Crippen molar-refractivity contribution in [3.63, 3.8) is 0 Å². The van der Waals surface area contributed by atoms with Gasteiger partial charge in [-0.3, -0.25) is 9.63 Å². The number of hydrogen-bond donors (Lipinski definition) is 1. The fourth-order valence-electron chi connectivity index (χ4n) is 0.954. The number of hydroxylamine groups is 1. The maximum absolute atomic E-state index is 11.3. The average molecular weight is 246 g/mol. The second-order valence-corrected chi connectivity index (χ2v) is 4.74. The van der Waals surface area contributed by atoms with E-state index in [2.05, 4.69) is 10.3 Å². The van der Waals surface area contributed by atoms with Crippen LogP contribution in [0.15, 0.2) is 29.2 Å². The van der Waals surface area contributed by atoms with E-state index in [9.17, 15) is 4.79 Å². The van der Waals surface area contributed by atoms with Crippen molar-refractivity contribution in [1.82, 2.24) is 5.48 Å². The Bertz CT molecular complexity index is 329. The Hall–Kier alpha value is -0.710. The van der Waals surface area contributed by atoms with Gasteiger partial charge in [-0.2, -0.15) is 0 Å². The Balaban J connectivity index is 2.54. The van der Waals surface area contributed by atoms with E-state index in [1.807, 2.05) is 19.1 Å². The summed E-state index contributed by atoms with van der Waals surface area (Å²) >= 11 is 7.20. The van der Waals surface area contributed by atoms with Crippen LogP contribution in [0.1, 0.15) is 6.92 Å². The average Bonchev–Trinajstić information content (AvgIpc) is 2.22. The normalized spacial score (nSPS) is 12.2. The molecule has 0 aliphatic rings. The lowest BCUT2D eigenvalue weighted by Gasteiger charge is -2.10. The molecule has 1 amide bonds. The third-order valence-corrected chi connectivity index (χ3v) is 3.06. The minimum Gasteiger partial charge on any atom is -0.277 e. The van der Waals surface area contributed by atoms with Crippen LogP contribution in [0.3, 0.4) is 0 Å². The first-order chi connectivity index (χ1) is 7.13. The van der Waals surface area contributed by atoms with Gasteiger partial charge in [0.05, 0.1) is 12.4 Å². The standard InChI is InChI=1S/C10H12ClNO2S/c1-7(10(13)12-14-2)15-9-5-3-8(11)4-6-9/h3-7H,1-2H3,(H,12,13). The molecule has 1 aromatic carbocycles. The number of benzene rings is 1. The highest BCUT2D eigenvalue weighted by atomic mass is 35.5. The van der Waals surface area contributed by atoms with E-state index >= 15 is 0 Å². The third-order valence-electron chi connectivity index (χ3n) is 1.70. The fourth-order valence-corrected chi connectivity index (χ4v) is 1.94. The van der Waals surface area contributed by atoms with Crippen molar-refractivity contribution < 1.29 is 9.63 Å². The van der Waals surface area contributed by atoms with E-state index in [4.69, 9.17) is 11.6 Å². The Morgan fingerprint density at radius 3 is 2.60 bits per heavy atom. The minimum absolute atomic E-state index is 0.155. The molecule has 15 heavy (non-hydrogen) atoms. The zero-order valence-electron chi connectivity index (χ0n) is 8.49. The van der Waals surface area contributed by atoms with Gasteiger partial charge in [0.15, 0.2) is 0 Å². The monoisotopic (exact) mass is 245 g/mol. The Kier molecular flexibility index (Phi) is 4.94. The molecular weight excluding hydrogens is 234 g/mol. The highest BCUT2D eigenvalue weighted by Gasteiger charge is 2.13. The van der Waals surface area contributed by atoms with Crippen molar-refractivity contribution in [1.29, 1.82) is 0 Å². The zero-order valence-corrected chi connectivity index (χ0v) is 10.1. The second kappa shape index (κ2) is 6.00. The SMILES string of the molecule is CONC(=O)C(C)Sc1ccc(Cl)cc1. The summed E-state index contributed by atoms with van der Waals surface area (Å²) in [5.41, 5.74) is 2.29. The molecule has 3 nitrogen and oxygen atoms in total. The summed E-state index contributed by atoms with van der Waals surface area (Å²) in [5, 5.41) is 0.486.